The van der Waals surface area contributed by atoms with Crippen molar-refractivity contribution in [3.63, 3.8) is 0 Å². The lowest BCUT2D eigenvalue weighted by molar-refractivity contribution is -0.119. The van der Waals surface area contributed by atoms with Crippen molar-refractivity contribution in [3.8, 4) is 0 Å². The fraction of sp³-hybridized carbons (Fsp3) is 0.259. The first-order chi connectivity index (χ1) is 16.9. The molecule has 1 amide bonds. The van der Waals surface area contributed by atoms with E-state index in [2.05, 4.69) is 5.32 Å². The van der Waals surface area contributed by atoms with Gasteiger partial charge in [-0.2, -0.15) is 4.31 Å². The number of anilines is 1. The highest BCUT2D eigenvalue weighted by atomic mass is 32.2. The second-order valence-corrected chi connectivity index (χ2v) is 10.4. The number of ether oxygens (including phenoxy) is 1. The molecule has 0 atom stereocenters. The third-order valence-electron chi connectivity index (χ3n) is 5.90. The van der Waals surface area contributed by atoms with Crippen LogP contribution in [0.1, 0.15) is 40.7 Å². The topological polar surface area (TPSA) is 92.8 Å². The molecule has 1 N–H and O–H groups in total. The lowest BCUT2D eigenvalue weighted by Gasteiger charge is -2.25. The molecule has 1 saturated heterocycles. The van der Waals surface area contributed by atoms with Crippen molar-refractivity contribution < 1.29 is 22.7 Å². The lowest BCUT2D eigenvalue weighted by Crippen LogP contribution is -2.35. The highest BCUT2D eigenvalue weighted by Gasteiger charge is 2.25. The number of hydrogen-bond acceptors (Lipinski definition) is 5. The predicted octanol–water partition coefficient (Wildman–Crippen LogP) is 4.25. The van der Waals surface area contributed by atoms with Gasteiger partial charge in [0.15, 0.2) is 6.61 Å². The molecule has 0 radical (unpaired) electrons. The van der Waals surface area contributed by atoms with Crippen LogP contribution in [0.5, 0.6) is 0 Å². The van der Waals surface area contributed by atoms with E-state index in [1.807, 2.05) is 42.5 Å². The van der Waals surface area contributed by atoms with E-state index < -0.39 is 28.5 Å². The van der Waals surface area contributed by atoms with Gasteiger partial charge in [-0.25, -0.2) is 13.2 Å². The summed E-state index contributed by atoms with van der Waals surface area (Å²) in [4.78, 5) is 25.2. The number of carbonyl (C=O) groups excluding carboxylic acids is 2. The number of sulfonamides is 1. The van der Waals surface area contributed by atoms with Crippen molar-refractivity contribution in [2.75, 3.05) is 25.0 Å². The van der Waals surface area contributed by atoms with E-state index in [1.165, 1.54) is 28.6 Å². The van der Waals surface area contributed by atoms with Crippen LogP contribution in [0.25, 0.3) is 0 Å². The maximum Gasteiger partial charge on any atom is 0.338 e. The van der Waals surface area contributed by atoms with Gasteiger partial charge in [0.05, 0.1) is 10.5 Å². The van der Waals surface area contributed by atoms with Gasteiger partial charge in [0, 0.05) is 18.8 Å². The number of amides is 1. The van der Waals surface area contributed by atoms with Crippen molar-refractivity contribution in [2.24, 2.45) is 0 Å². The van der Waals surface area contributed by atoms with E-state index in [0.717, 1.165) is 30.4 Å². The molecule has 0 aliphatic carbocycles. The Labute approximate surface area is 205 Å². The summed E-state index contributed by atoms with van der Waals surface area (Å²) in [5.74, 6) is -1.08. The Hall–Kier alpha value is -3.49. The molecule has 1 heterocycles. The molecule has 1 fully saturated rings. The van der Waals surface area contributed by atoms with Crippen molar-refractivity contribution in [2.45, 2.75) is 30.6 Å². The van der Waals surface area contributed by atoms with E-state index in [4.69, 9.17) is 4.74 Å². The van der Waals surface area contributed by atoms with Gasteiger partial charge in [-0.15, -0.1) is 0 Å². The van der Waals surface area contributed by atoms with Crippen LogP contribution in [-0.2, 0) is 26.0 Å². The van der Waals surface area contributed by atoms with E-state index >= 15 is 0 Å². The molecule has 0 aromatic heterocycles. The molecule has 1 aliphatic rings. The van der Waals surface area contributed by atoms with Crippen molar-refractivity contribution in [3.05, 3.63) is 95.6 Å². The van der Waals surface area contributed by atoms with Crippen LogP contribution in [0.15, 0.2) is 83.8 Å². The predicted molar refractivity (Wildman–Crippen MR) is 134 cm³/mol. The van der Waals surface area contributed by atoms with E-state index in [1.54, 1.807) is 12.1 Å². The average Bonchev–Trinajstić information content (AvgIpc) is 2.89. The smallest absolute Gasteiger partial charge is 0.338 e. The van der Waals surface area contributed by atoms with Crippen molar-refractivity contribution in [1.29, 1.82) is 0 Å². The van der Waals surface area contributed by atoms with Crippen LogP contribution in [0.4, 0.5) is 5.69 Å². The molecular weight excluding hydrogens is 464 g/mol. The monoisotopic (exact) mass is 492 g/mol. The van der Waals surface area contributed by atoms with Crippen LogP contribution in [-0.4, -0.2) is 44.3 Å². The normalized spacial score (nSPS) is 14.3. The number of piperidine rings is 1. The molecule has 0 spiro atoms. The summed E-state index contributed by atoms with van der Waals surface area (Å²) in [5, 5.41) is 2.64. The Morgan fingerprint density at radius 1 is 0.829 bits per heavy atom. The van der Waals surface area contributed by atoms with Crippen LogP contribution in [0.3, 0.4) is 0 Å². The van der Waals surface area contributed by atoms with Crippen LogP contribution >= 0.6 is 0 Å². The maximum atomic E-state index is 12.8. The third-order valence-corrected chi connectivity index (χ3v) is 7.81. The van der Waals surface area contributed by atoms with Gasteiger partial charge in [-0.05, 0) is 60.7 Å². The number of carbonyl (C=O) groups is 2. The van der Waals surface area contributed by atoms with Gasteiger partial charge in [-0.1, -0.05) is 55.0 Å². The standard InChI is InChI=1S/C27H28N2O5S/c30-26(28-23-13-15-24(16-14-23)35(32,33)29-17-7-2-8-18-29)20-34-27(31)25-12-6-5-11-22(25)19-21-9-3-1-4-10-21/h1,3-6,9-16H,2,7-8,17-20H2,(H,28,30). The molecule has 0 bridgehead atoms. The zero-order valence-corrected chi connectivity index (χ0v) is 20.2. The first-order valence-electron chi connectivity index (χ1n) is 11.6. The Balaban J connectivity index is 1.33. The summed E-state index contributed by atoms with van der Waals surface area (Å²) in [7, 11) is -3.53. The molecule has 1 aliphatic heterocycles. The molecule has 3 aromatic rings. The second kappa shape index (κ2) is 11.3. The minimum atomic E-state index is -3.53. The molecule has 3 aromatic carbocycles. The largest absolute Gasteiger partial charge is 0.452 e. The zero-order valence-electron chi connectivity index (χ0n) is 19.4. The highest BCUT2D eigenvalue weighted by molar-refractivity contribution is 7.89. The summed E-state index contributed by atoms with van der Waals surface area (Å²) in [6, 6.07) is 23.0. The first kappa shape index (κ1) is 24.6. The minimum absolute atomic E-state index is 0.193. The summed E-state index contributed by atoms with van der Waals surface area (Å²) < 4.78 is 32.3. The summed E-state index contributed by atoms with van der Waals surface area (Å²) in [5.41, 5.74) is 2.72. The SMILES string of the molecule is O=C(COC(=O)c1ccccc1Cc1ccccc1)Nc1ccc(S(=O)(=O)N2CCCCC2)cc1. The van der Waals surface area contributed by atoms with E-state index in [0.29, 0.717) is 30.8 Å². The van der Waals surface area contributed by atoms with Gasteiger partial charge in [-0.3, -0.25) is 4.79 Å². The van der Waals surface area contributed by atoms with E-state index in [-0.39, 0.29) is 4.90 Å². The average molecular weight is 493 g/mol. The van der Waals surface area contributed by atoms with Crippen LogP contribution in [0.2, 0.25) is 0 Å². The molecule has 0 saturated carbocycles. The summed E-state index contributed by atoms with van der Waals surface area (Å²) >= 11 is 0. The fourth-order valence-electron chi connectivity index (χ4n) is 4.06. The van der Waals surface area contributed by atoms with Gasteiger partial charge in [0.1, 0.15) is 0 Å². The van der Waals surface area contributed by atoms with E-state index in [9.17, 15) is 18.0 Å². The molecule has 35 heavy (non-hydrogen) atoms. The van der Waals surface area contributed by atoms with Crippen LogP contribution in [0, 0.1) is 0 Å². The van der Waals surface area contributed by atoms with Gasteiger partial charge >= 0.3 is 5.97 Å². The number of rotatable bonds is 8. The number of benzene rings is 3. The Bertz CT molecular complexity index is 1270. The number of nitrogens with zero attached hydrogens (tertiary/aromatic N) is 1. The molecule has 7 nitrogen and oxygen atoms in total. The second-order valence-electron chi connectivity index (χ2n) is 8.43. The Morgan fingerprint density at radius 3 is 2.20 bits per heavy atom. The fourth-order valence-corrected chi connectivity index (χ4v) is 5.58. The summed E-state index contributed by atoms with van der Waals surface area (Å²) in [6.07, 6.45) is 3.34. The van der Waals surface area contributed by atoms with Crippen molar-refractivity contribution in [1.82, 2.24) is 4.31 Å². The third kappa shape index (κ3) is 6.35. The molecule has 182 valence electrons. The molecular formula is C27H28N2O5S. The first-order valence-corrected chi connectivity index (χ1v) is 13.1. The molecule has 0 unspecified atom stereocenters. The summed E-state index contributed by atoms with van der Waals surface area (Å²) in [6.45, 7) is 0.605. The molecule has 8 heteroatoms. The minimum Gasteiger partial charge on any atom is -0.452 e. The number of esters is 1. The van der Waals surface area contributed by atoms with Gasteiger partial charge < -0.3 is 10.1 Å². The lowest BCUT2D eigenvalue weighted by atomic mass is 10.00. The zero-order chi connectivity index (χ0) is 24.7. The van der Waals surface area contributed by atoms with Gasteiger partial charge in [0.25, 0.3) is 5.91 Å². The maximum absolute atomic E-state index is 12.8. The molecule has 4 rings (SSSR count). The van der Waals surface area contributed by atoms with Crippen molar-refractivity contribution >= 4 is 27.6 Å². The number of hydrogen-bond donors (Lipinski definition) is 1. The Morgan fingerprint density at radius 2 is 1.49 bits per heavy atom. The van der Waals surface area contributed by atoms with Gasteiger partial charge in [0.2, 0.25) is 10.0 Å². The Kier molecular flexibility index (Phi) is 7.94. The highest BCUT2D eigenvalue weighted by Crippen LogP contribution is 2.22. The number of nitrogens with one attached hydrogen (secondary N) is 1. The quantitative estimate of drug-likeness (QED) is 0.475. The van der Waals surface area contributed by atoms with Crippen LogP contribution < -0.4 is 5.32 Å².